The highest BCUT2D eigenvalue weighted by Crippen LogP contribution is 2.47. The first kappa shape index (κ1) is 54.8. The number of alkyl halides is 8. The molecule has 374 valence electrons. The summed E-state index contributed by atoms with van der Waals surface area (Å²) in [6.07, 6.45) is -8.52. The van der Waals surface area contributed by atoms with Crippen molar-refractivity contribution in [3.8, 4) is 23.0 Å². The predicted molar refractivity (Wildman–Crippen MR) is 248 cm³/mol. The average molecular weight is 1040 g/mol. The fourth-order valence-corrected chi connectivity index (χ4v) is 8.47. The summed E-state index contributed by atoms with van der Waals surface area (Å²) in [5, 5.41) is 9.96. The topological polar surface area (TPSA) is 127 Å². The highest BCUT2D eigenvalue weighted by atomic mass is 35.5. The maximum atomic E-state index is 15.1. The molecule has 0 fully saturated rings. The molecule has 0 aliphatic heterocycles. The second-order valence-corrected chi connectivity index (χ2v) is 18.5. The number of hydrogen-bond donors (Lipinski definition) is 2. The predicted octanol–water partition coefficient (Wildman–Crippen LogP) is 10.9. The number of benzene rings is 2. The molecule has 0 saturated heterocycles. The van der Waals surface area contributed by atoms with E-state index in [4.69, 9.17) is 22.3 Å². The highest BCUT2D eigenvalue weighted by Gasteiger charge is 2.50. The SMILES string of the molecule is CC.CSN(C(=O)N(C)CCCN)c1nn(CC(F)(F)F)c2c(-c3ccc(C#CC(C)(C)SC)nc3C(Cc3cc(F)cc(F)c3)NC(=O)Cn3nc(C(F)(F)F)c4c3C(F)(F)CC4)ccc(Cl)c12. The number of rotatable bonds is 14. The van der Waals surface area contributed by atoms with Crippen LogP contribution in [0.3, 0.4) is 0 Å². The van der Waals surface area contributed by atoms with Gasteiger partial charge in [-0.1, -0.05) is 37.4 Å². The van der Waals surface area contributed by atoms with Gasteiger partial charge < -0.3 is 16.0 Å². The van der Waals surface area contributed by atoms with Gasteiger partial charge in [-0.05, 0) is 99.7 Å². The van der Waals surface area contributed by atoms with Crippen LogP contribution in [-0.4, -0.2) is 85.0 Å². The molecular formula is C45H48ClF10N9O2S2. The van der Waals surface area contributed by atoms with Gasteiger partial charge in [0.05, 0.1) is 32.4 Å². The lowest BCUT2D eigenvalue weighted by molar-refractivity contribution is -0.142. The standard InChI is InChI=1S/C43H42ClF10N9O2S2.C2H6/c1-40(2,66-4)13-11-26-7-8-27(28-9-10-30(44)33-35(28)62(22-42(49,50)51)59-38(33)63(67-5)39(65)60(3)16-6-15-55)34(56-26)31(19-23-17-24(45)20-25(46)18-23)57-32(64)21-61-37-29(12-14-41(37,47)48)36(58-61)43(52,53)54;1-2/h7-10,17-18,20,31H,6,12,14-16,19,21-22,55H2,1-5H3,(H,57,64);1-2H3. The number of carbonyl (C=O) groups excluding carboxylic acids is 2. The number of aromatic nitrogens is 5. The first-order valence-electron chi connectivity index (χ1n) is 21.2. The van der Waals surface area contributed by atoms with E-state index in [1.807, 2.05) is 27.7 Å². The quantitative estimate of drug-likeness (QED) is 0.0640. The van der Waals surface area contributed by atoms with Gasteiger partial charge in [-0.25, -0.2) is 22.9 Å². The van der Waals surface area contributed by atoms with Crippen LogP contribution in [-0.2, 0) is 42.8 Å². The molecule has 69 heavy (non-hydrogen) atoms. The number of nitrogens with two attached hydrogens (primary N) is 1. The molecule has 24 heteroatoms. The summed E-state index contributed by atoms with van der Waals surface area (Å²) in [6, 6.07) is 5.68. The van der Waals surface area contributed by atoms with E-state index in [1.165, 1.54) is 54.2 Å². The van der Waals surface area contributed by atoms with E-state index in [9.17, 15) is 44.7 Å². The molecule has 1 aliphatic carbocycles. The minimum atomic E-state index is -5.15. The van der Waals surface area contributed by atoms with Crippen molar-refractivity contribution in [1.29, 1.82) is 0 Å². The van der Waals surface area contributed by atoms with Gasteiger partial charge in [-0.2, -0.15) is 45.3 Å². The maximum Gasteiger partial charge on any atom is 0.435 e. The third kappa shape index (κ3) is 12.8. The largest absolute Gasteiger partial charge is 0.435 e. The number of thioether (sulfide) groups is 1. The number of fused-ring (bicyclic) bond motifs is 2. The number of halogens is 11. The molecule has 5 aromatic rings. The molecule has 3 aromatic heterocycles. The van der Waals surface area contributed by atoms with Crippen molar-refractivity contribution in [3.05, 3.63) is 93.0 Å². The van der Waals surface area contributed by atoms with Crippen molar-refractivity contribution in [1.82, 2.24) is 34.8 Å². The molecule has 6 rings (SSSR count). The van der Waals surface area contributed by atoms with Crippen LogP contribution in [0.2, 0.25) is 5.02 Å². The molecule has 2 aromatic carbocycles. The normalized spacial score (nSPS) is 13.8. The zero-order valence-corrected chi connectivity index (χ0v) is 40.7. The van der Waals surface area contributed by atoms with E-state index in [-0.39, 0.29) is 67.6 Å². The van der Waals surface area contributed by atoms with Gasteiger partial charge in [-0.15, -0.1) is 11.8 Å². The Labute approximate surface area is 405 Å². The summed E-state index contributed by atoms with van der Waals surface area (Å²) < 4.78 is 146. The molecule has 0 spiro atoms. The van der Waals surface area contributed by atoms with Crippen LogP contribution in [0.4, 0.5) is 54.5 Å². The van der Waals surface area contributed by atoms with Crippen LogP contribution >= 0.6 is 35.3 Å². The maximum absolute atomic E-state index is 15.1. The summed E-state index contributed by atoms with van der Waals surface area (Å²) >= 11 is 8.99. The molecule has 11 nitrogen and oxygen atoms in total. The molecule has 3 amide bonds. The average Bonchev–Trinajstić information content (AvgIpc) is 3.93. The molecular weight excluding hydrogens is 988 g/mol. The number of hydrogen-bond acceptors (Lipinski definition) is 8. The third-order valence-electron chi connectivity index (χ3n) is 10.6. The number of nitrogens with one attached hydrogen (secondary N) is 1. The lowest BCUT2D eigenvalue weighted by Crippen LogP contribution is -2.38. The Morgan fingerprint density at radius 3 is 2.23 bits per heavy atom. The summed E-state index contributed by atoms with van der Waals surface area (Å²) in [5.74, 6) is -1.36. The highest BCUT2D eigenvalue weighted by molar-refractivity contribution is 8.00. The van der Waals surface area contributed by atoms with Crippen LogP contribution in [0.1, 0.15) is 80.5 Å². The lowest BCUT2D eigenvalue weighted by atomic mass is 9.93. The Kier molecular flexibility index (Phi) is 17.3. The second-order valence-electron chi connectivity index (χ2n) is 16.0. The molecule has 1 aliphatic rings. The fraction of sp³-hybridized carbons (Fsp3) is 0.444. The number of amides is 3. The van der Waals surface area contributed by atoms with Crippen molar-refractivity contribution in [3.63, 3.8) is 0 Å². The fourth-order valence-electron chi connectivity index (χ4n) is 7.49. The monoisotopic (exact) mass is 1040 g/mol. The van der Waals surface area contributed by atoms with Gasteiger partial charge >= 0.3 is 18.4 Å². The molecule has 0 bridgehead atoms. The zero-order valence-electron chi connectivity index (χ0n) is 38.3. The van der Waals surface area contributed by atoms with Crippen molar-refractivity contribution in [2.75, 3.05) is 37.0 Å². The molecule has 3 N–H and O–H groups in total. The van der Waals surface area contributed by atoms with E-state index in [2.05, 4.69) is 27.4 Å². The van der Waals surface area contributed by atoms with E-state index < -0.39 is 102 Å². The lowest BCUT2D eigenvalue weighted by Gasteiger charge is -2.25. The Balaban J connectivity index is 0.00000438. The van der Waals surface area contributed by atoms with Crippen molar-refractivity contribution in [2.45, 2.75) is 95.5 Å². The van der Waals surface area contributed by atoms with Gasteiger partial charge in [-0.3, -0.25) is 14.2 Å². The van der Waals surface area contributed by atoms with Crippen LogP contribution in [0.15, 0.2) is 42.5 Å². The Morgan fingerprint density at radius 1 is 0.986 bits per heavy atom. The first-order valence-corrected chi connectivity index (χ1v) is 24.0. The Morgan fingerprint density at radius 2 is 1.64 bits per heavy atom. The van der Waals surface area contributed by atoms with Gasteiger partial charge in [0, 0.05) is 49.0 Å². The minimum absolute atomic E-state index is 0.0265. The van der Waals surface area contributed by atoms with Crippen molar-refractivity contribution < 1.29 is 53.5 Å². The molecule has 1 unspecified atom stereocenters. The molecule has 0 saturated carbocycles. The minimum Gasteiger partial charge on any atom is -0.346 e. The summed E-state index contributed by atoms with van der Waals surface area (Å²) in [5.41, 5.74) is 1.58. The number of urea groups is 1. The summed E-state index contributed by atoms with van der Waals surface area (Å²) in [4.78, 5) is 33.9. The van der Waals surface area contributed by atoms with Crippen LogP contribution in [0.25, 0.3) is 22.0 Å². The van der Waals surface area contributed by atoms with E-state index in [0.717, 1.165) is 28.4 Å². The summed E-state index contributed by atoms with van der Waals surface area (Å²) in [7, 11) is 1.46. The number of pyridine rings is 1. The van der Waals surface area contributed by atoms with Crippen LogP contribution in [0, 0.1) is 23.5 Å². The van der Waals surface area contributed by atoms with E-state index >= 15 is 8.78 Å². The Hall–Kier alpha value is -5.18. The first-order chi connectivity index (χ1) is 32.3. The summed E-state index contributed by atoms with van der Waals surface area (Å²) in [6.45, 7) is 5.15. The van der Waals surface area contributed by atoms with E-state index in [1.54, 1.807) is 6.26 Å². The number of nitrogens with zero attached hydrogens (tertiary/aromatic N) is 7. The second kappa shape index (κ2) is 21.9. The van der Waals surface area contributed by atoms with Gasteiger partial charge in [0.15, 0.2) is 11.5 Å². The van der Waals surface area contributed by atoms with Gasteiger partial charge in [0.1, 0.15) is 36.1 Å². The van der Waals surface area contributed by atoms with Gasteiger partial charge in [0.25, 0.3) is 5.92 Å². The van der Waals surface area contributed by atoms with Crippen molar-refractivity contribution >= 4 is 64.0 Å². The van der Waals surface area contributed by atoms with Crippen LogP contribution < -0.4 is 15.4 Å². The molecule has 1 atom stereocenters. The van der Waals surface area contributed by atoms with Gasteiger partial charge in [0.2, 0.25) is 5.91 Å². The number of carbonyl (C=O) groups is 2. The third-order valence-corrected chi connectivity index (χ3v) is 12.8. The molecule has 3 heterocycles. The zero-order chi connectivity index (χ0) is 51.4. The van der Waals surface area contributed by atoms with Crippen LogP contribution in [0.5, 0.6) is 0 Å². The van der Waals surface area contributed by atoms with E-state index in [0.29, 0.717) is 17.2 Å². The smallest absolute Gasteiger partial charge is 0.346 e. The molecule has 0 radical (unpaired) electrons. The Bertz CT molecular complexity index is 2730. The van der Waals surface area contributed by atoms with Crippen molar-refractivity contribution in [2.24, 2.45) is 5.73 Å². The number of anilines is 1.